The summed E-state index contributed by atoms with van der Waals surface area (Å²) in [6.07, 6.45) is 2.55. The van der Waals surface area contributed by atoms with Crippen molar-refractivity contribution in [3.05, 3.63) is 91.0 Å². The minimum Gasteiger partial charge on any atom is -0.445 e. The number of ether oxygens (including phenoxy) is 3. The highest BCUT2D eigenvalue weighted by Gasteiger charge is 2.45. The second-order valence-corrected chi connectivity index (χ2v) is 30.6. The van der Waals surface area contributed by atoms with Crippen molar-refractivity contribution in [3.63, 3.8) is 0 Å². The molecule has 0 radical (unpaired) electrons. The number of nitrogens with zero attached hydrogens (tertiary/aromatic N) is 7. The standard InChI is InChI=1S/C76H114N12O15S2/c1-16-50(10)69(61(101-14)41-66(95)88-35-23-27-58(88)70(102-15)51(11)71(96)81-57(73-78-34-37-105-73)38-52-24-20-19-21-25-52)83(12)74(98)56(47(4)5)40-60(90)68(49(8)9)84(13)76(100)103-42-53-28-30-55(31-29-53)80-72(97)54(26-22-33-79-75(77)99)39-59(89)67(48(6)7)82-62(91)43-104-36-32-65(94)87-45-85(63(92)17-2)44-86(46-87)64(93)18-3/h17-21,24-25,28-31,47-51,54,56-58,61,67-70H,2-3,16,22-23,26-27,32-46H2,1,4-15H3,(H,80,97)(H,81,96)(H,82,91)(H3,77,79,99)/t50-,51+,54+,56-,57-,58-,61+,67-,68-,69-,70+/m0/s1. The van der Waals surface area contributed by atoms with E-state index in [0.29, 0.717) is 50.0 Å². The zero-order valence-corrected chi connectivity index (χ0v) is 65.3. The van der Waals surface area contributed by atoms with Gasteiger partial charge in [0.15, 0.2) is 11.6 Å². The number of ketones is 2. The number of Topliss-reactive ketones (excluding diaryl/α,β-unsaturated/α-hetero) is 2. The highest BCUT2D eigenvalue weighted by atomic mass is 32.2. The number of benzene rings is 2. The number of aliphatic imine (C=N–C) groups is 1. The van der Waals surface area contributed by atoms with Gasteiger partial charge in [0.25, 0.3) is 0 Å². The van der Waals surface area contributed by atoms with Crippen LogP contribution in [0.25, 0.3) is 0 Å². The fourth-order valence-corrected chi connectivity index (χ4v) is 15.4. The smallest absolute Gasteiger partial charge is 0.410 e. The van der Waals surface area contributed by atoms with E-state index in [2.05, 4.69) is 34.4 Å². The SMILES string of the molecule is C=CC(=O)N1CN(C(=O)C=C)CN(C(=O)CCSCC(=O)N[C@H](C(=O)C[C@@H](CCCNC(N)=O)C(=O)Nc2ccc(COC(=O)N(C)[C@H](C(=O)C[C@H](C(=O)N(C)[C@@H]([C@@H](C)CC)[C@@H](CC(=O)N3CCC[C@H]3[C@H](OC)[C@@H](C)C(=O)N[C@@H](Cc3ccccc3)C3=NCCS3)OC)C(C)C)C(C)C)cc2)C(C)C)C1. The molecule has 27 nitrogen and oxygen atoms in total. The van der Waals surface area contributed by atoms with Gasteiger partial charge in [-0.3, -0.25) is 52.9 Å². The van der Waals surface area contributed by atoms with Crippen LogP contribution in [0.15, 0.2) is 84.9 Å². The van der Waals surface area contributed by atoms with Gasteiger partial charge in [-0.25, -0.2) is 9.59 Å². The predicted octanol–water partition coefficient (Wildman–Crippen LogP) is 7.27. The molecule has 2 fully saturated rings. The van der Waals surface area contributed by atoms with Gasteiger partial charge in [-0.2, -0.15) is 11.8 Å². The number of nitrogens with two attached hydrogens (primary N) is 1. The van der Waals surface area contributed by atoms with Gasteiger partial charge in [0, 0.05) is 96.2 Å². The Kier molecular flexibility index (Phi) is 36.2. The molecule has 11 amide bonds. The van der Waals surface area contributed by atoms with Crippen LogP contribution < -0.4 is 27.0 Å². The van der Waals surface area contributed by atoms with Crippen LogP contribution in [-0.4, -0.2) is 233 Å². The predicted molar refractivity (Wildman–Crippen MR) is 407 cm³/mol. The average Bonchev–Trinajstić information content (AvgIpc) is 1.80. The quantitative estimate of drug-likeness (QED) is 0.0322. The monoisotopic (exact) mass is 1500 g/mol. The number of rotatable bonds is 42. The van der Waals surface area contributed by atoms with Crippen molar-refractivity contribution < 1.29 is 71.7 Å². The number of hydrogen-bond donors (Lipinski definition) is 5. The summed E-state index contributed by atoms with van der Waals surface area (Å²) in [6, 6.07) is 12.5. The summed E-state index contributed by atoms with van der Waals surface area (Å²) in [5, 5.41) is 12.3. The Bertz CT molecular complexity index is 3310. The summed E-state index contributed by atoms with van der Waals surface area (Å²) >= 11 is 2.81. The zero-order chi connectivity index (χ0) is 77.8. The number of thioether (sulfide) groups is 2. The van der Waals surface area contributed by atoms with Gasteiger partial charge in [-0.1, -0.05) is 124 Å². The fraction of sp³-hybridized carbons (Fsp3) is 0.618. The molecule has 6 N–H and O–H groups in total. The summed E-state index contributed by atoms with van der Waals surface area (Å²) in [7, 11) is 6.27. The molecule has 29 heteroatoms. The number of likely N-dealkylation sites (tertiary alicyclic amines) is 1. The molecule has 0 bridgehead atoms. The van der Waals surface area contributed by atoms with E-state index in [1.165, 1.54) is 33.8 Å². The van der Waals surface area contributed by atoms with Crippen LogP contribution in [0.2, 0.25) is 0 Å². The maximum atomic E-state index is 15.0. The molecular weight excluding hydrogens is 1390 g/mol. The molecule has 3 aliphatic heterocycles. The molecule has 0 spiro atoms. The number of methoxy groups -OCH3 is 2. The van der Waals surface area contributed by atoms with Crippen LogP contribution in [0.5, 0.6) is 0 Å². The topological polar surface area (TPSA) is 338 Å². The van der Waals surface area contributed by atoms with Crippen LogP contribution in [0.4, 0.5) is 15.3 Å². The summed E-state index contributed by atoms with van der Waals surface area (Å²) in [5.41, 5.74) is 7.27. The normalized spacial score (nSPS) is 17.4. The molecule has 0 saturated carbocycles. The minimum absolute atomic E-state index is 0.00893. The Balaban J connectivity index is 1.17. The van der Waals surface area contributed by atoms with Gasteiger partial charge < -0.3 is 70.6 Å². The molecular formula is C76H114N12O15S2. The first-order valence-corrected chi connectivity index (χ1v) is 38.5. The van der Waals surface area contributed by atoms with E-state index in [1.54, 1.807) is 73.8 Å². The summed E-state index contributed by atoms with van der Waals surface area (Å²) in [5.74, 6) is -6.25. The van der Waals surface area contributed by atoms with Crippen molar-refractivity contribution in [2.75, 3.05) is 90.5 Å². The fourth-order valence-electron chi connectivity index (χ4n) is 13.8. The molecule has 2 aromatic rings. The molecule has 0 aromatic heterocycles. The van der Waals surface area contributed by atoms with Crippen LogP contribution in [-0.2, 0) is 75.2 Å². The zero-order valence-electron chi connectivity index (χ0n) is 63.6. The van der Waals surface area contributed by atoms with Gasteiger partial charge in [-0.15, -0.1) is 11.8 Å². The first kappa shape index (κ1) is 87.5. The lowest BCUT2D eigenvalue weighted by molar-refractivity contribution is -0.154. The first-order valence-electron chi connectivity index (χ1n) is 36.4. The summed E-state index contributed by atoms with van der Waals surface area (Å²) in [4.78, 5) is 176. The number of likely N-dealkylation sites (N-methyl/N-ethyl adjacent to an activating group) is 2. The van der Waals surface area contributed by atoms with Crippen molar-refractivity contribution in [1.29, 1.82) is 0 Å². The Labute approximate surface area is 628 Å². The van der Waals surface area contributed by atoms with E-state index < -0.39 is 102 Å². The van der Waals surface area contributed by atoms with E-state index >= 15 is 0 Å². The maximum absolute atomic E-state index is 15.0. The van der Waals surface area contributed by atoms with E-state index in [9.17, 15) is 57.5 Å². The first-order chi connectivity index (χ1) is 49.9. The second-order valence-electron chi connectivity index (χ2n) is 28.4. The van der Waals surface area contributed by atoms with Crippen molar-refractivity contribution in [1.82, 2.24) is 45.3 Å². The molecule has 11 atom stereocenters. The van der Waals surface area contributed by atoms with Gasteiger partial charge in [0.1, 0.15) is 6.61 Å². The molecule has 0 aliphatic carbocycles. The Morgan fingerprint density at radius 2 is 1.40 bits per heavy atom. The van der Waals surface area contributed by atoms with Crippen LogP contribution in [0.3, 0.4) is 0 Å². The van der Waals surface area contributed by atoms with Gasteiger partial charge in [-0.05, 0) is 91.2 Å². The molecule has 105 heavy (non-hydrogen) atoms. The summed E-state index contributed by atoms with van der Waals surface area (Å²) < 4.78 is 18.0. The Hall–Kier alpha value is -8.15. The third-order valence-corrected chi connectivity index (χ3v) is 21.8. The number of primary amides is 1. The lowest BCUT2D eigenvalue weighted by atomic mass is 9.83. The van der Waals surface area contributed by atoms with E-state index in [-0.39, 0.29) is 136 Å². The lowest BCUT2D eigenvalue weighted by Gasteiger charge is -2.41. The summed E-state index contributed by atoms with van der Waals surface area (Å²) in [6.45, 7) is 24.6. The Morgan fingerprint density at radius 1 is 0.752 bits per heavy atom. The van der Waals surface area contributed by atoms with E-state index in [0.717, 1.165) is 40.3 Å². The van der Waals surface area contributed by atoms with Crippen LogP contribution >= 0.6 is 23.5 Å². The third kappa shape index (κ3) is 26.1. The number of anilines is 1. The van der Waals surface area contributed by atoms with Crippen LogP contribution in [0, 0.1) is 41.4 Å². The maximum Gasteiger partial charge on any atom is 0.410 e. The van der Waals surface area contributed by atoms with Crippen molar-refractivity contribution in [2.45, 2.75) is 176 Å². The van der Waals surface area contributed by atoms with Gasteiger partial charge in [0.2, 0.25) is 47.3 Å². The minimum atomic E-state index is -0.979. The van der Waals surface area contributed by atoms with Crippen molar-refractivity contribution >= 4 is 105 Å². The molecule has 2 saturated heterocycles. The van der Waals surface area contributed by atoms with Crippen molar-refractivity contribution in [2.24, 2.45) is 52.2 Å². The second kappa shape index (κ2) is 43.5. The molecule has 2 aromatic carbocycles. The molecule has 0 unspecified atom stereocenters. The van der Waals surface area contributed by atoms with E-state index in [1.807, 2.05) is 78.8 Å². The largest absolute Gasteiger partial charge is 0.445 e. The highest BCUT2D eigenvalue weighted by molar-refractivity contribution is 8.14. The number of carbonyl (C=O) groups excluding carboxylic acids is 12. The number of urea groups is 1. The molecule has 3 aliphatic rings. The number of amides is 11. The lowest BCUT2D eigenvalue weighted by Crippen LogP contribution is -2.59. The number of nitrogens with one attached hydrogen (secondary N) is 4. The van der Waals surface area contributed by atoms with Gasteiger partial charge in [0.05, 0.1) is 85.6 Å². The molecule has 3 heterocycles. The van der Waals surface area contributed by atoms with Crippen LogP contribution in [0.1, 0.15) is 131 Å². The average molecular weight is 1500 g/mol. The molecule has 5 rings (SSSR count). The third-order valence-electron chi connectivity index (χ3n) is 19.8. The van der Waals surface area contributed by atoms with E-state index in [4.69, 9.17) is 24.9 Å². The highest BCUT2D eigenvalue weighted by Crippen LogP contribution is 2.33. The Morgan fingerprint density at radius 3 is 1.96 bits per heavy atom. The molecule has 580 valence electrons. The number of hydrogen-bond acceptors (Lipinski definition) is 18. The number of carbonyl (C=O) groups is 12. The van der Waals surface area contributed by atoms with Crippen molar-refractivity contribution in [3.8, 4) is 0 Å². The van der Waals surface area contributed by atoms with Gasteiger partial charge >= 0.3 is 12.1 Å².